The second kappa shape index (κ2) is 9.64. The van der Waals surface area contributed by atoms with Crippen molar-refractivity contribution in [2.45, 2.75) is 18.9 Å². The average molecular weight is 433 g/mol. The highest BCUT2D eigenvalue weighted by molar-refractivity contribution is 5.95. The molecule has 1 heterocycles. The standard InChI is InChI=1S/C26H28N2O4/c1-26(17-31-22-11-9-21(30-2)10-12-22)18-32-24-13-8-20(16-23(24)28-26)25(29)27-15-14-19-6-4-3-5-7-19/h3-13,16,28H,14-15,17-18H2,1-2H3,(H,27,29). The Morgan fingerprint density at radius 2 is 1.81 bits per heavy atom. The number of carbonyl (C=O) groups excluding carboxylic acids is 1. The second-order valence-electron chi connectivity index (χ2n) is 8.14. The van der Waals surface area contributed by atoms with Crippen LogP contribution in [0, 0.1) is 0 Å². The molecule has 0 spiro atoms. The van der Waals surface area contributed by atoms with E-state index in [0.29, 0.717) is 25.3 Å². The molecule has 166 valence electrons. The molecule has 3 aromatic carbocycles. The van der Waals surface area contributed by atoms with Crippen molar-refractivity contribution in [3.8, 4) is 17.2 Å². The van der Waals surface area contributed by atoms with Crippen molar-refractivity contribution in [1.29, 1.82) is 0 Å². The minimum absolute atomic E-state index is 0.104. The zero-order valence-corrected chi connectivity index (χ0v) is 18.4. The molecule has 1 amide bonds. The summed E-state index contributed by atoms with van der Waals surface area (Å²) in [6, 6.07) is 23.0. The number of hydrogen-bond acceptors (Lipinski definition) is 5. The smallest absolute Gasteiger partial charge is 0.251 e. The molecule has 4 rings (SSSR count). The van der Waals surface area contributed by atoms with Gasteiger partial charge in [0.1, 0.15) is 36.0 Å². The molecule has 0 bridgehead atoms. The van der Waals surface area contributed by atoms with E-state index in [1.165, 1.54) is 5.56 Å². The summed E-state index contributed by atoms with van der Waals surface area (Å²) in [6.45, 7) is 3.48. The first-order chi connectivity index (χ1) is 15.5. The molecule has 32 heavy (non-hydrogen) atoms. The van der Waals surface area contributed by atoms with Crippen molar-refractivity contribution in [2.75, 3.05) is 32.2 Å². The van der Waals surface area contributed by atoms with Gasteiger partial charge in [0, 0.05) is 12.1 Å². The highest BCUT2D eigenvalue weighted by Crippen LogP contribution is 2.34. The Labute approximate surface area is 188 Å². The van der Waals surface area contributed by atoms with Crippen LogP contribution in [0.15, 0.2) is 72.8 Å². The lowest BCUT2D eigenvalue weighted by Gasteiger charge is -2.36. The Bertz CT molecular complexity index is 1050. The van der Waals surface area contributed by atoms with Gasteiger partial charge in [0.2, 0.25) is 0 Å². The van der Waals surface area contributed by atoms with Crippen LogP contribution < -0.4 is 24.8 Å². The lowest BCUT2D eigenvalue weighted by Crippen LogP contribution is -2.48. The zero-order valence-electron chi connectivity index (χ0n) is 18.4. The van der Waals surface area contributed by atoms with E-state index in [1.807, 2.05) is 61.5 Å². The molecule has 3 aromatic rings. The molecule has 0 aromatic heterocycles. The van der Waals surface area contributed by atoms with Crippen LogP contribution in [0.2, 0.25) is 0 Å². The summed E-state index contributed by atoms with van der Waals surface area (Å²) in [5, 5.41) is 6.48. The normalized spacial score (nSPS) is 16.8. The molecule has 0 radical (unpaired) electrons. The Morgan fingerprint density at radius 3 is 2.56 bits per heavy atom. The topological polar surface area (TPSA) is 68.8 Å². The molecule has 0 fully saturated rings. The van der Waals surface area contributed by atoms with Gasteiger partial charge >= 0.3 is 0 Å². The van der Waals surface area contributed by atoms with Crippen molar-refractivity contribution in [1.82, 2.24) is 5.32 Å². The summed E-state index contributed by atoms with van der Waals surface area (Å²) in [5.41, 5.74) is 2.14. The molecule has 6 nitrogen and oxygen atoms in total. The summed E-state index contributed by atoms with van der Waals surface area (Å²) in [4.78, 5) is 12.6. The average Bonchev–Trinajstić information content (AvgIpc) is 2.83. The van der Waals surface area contributed by atoms with Gasteiger partial charge in [0.05, 0.1) is 12.8 Å². The molecule has 0 aliphatic carbocycles. The predicted octanol–water partition coefficient (Wildman–Crippen LogP) is 4.31. The molecular formula is C26H28N2O4. The Balaban J connectivity index is 1.35. The molecule has 1 aliphatic heterocycles. The molecule has 6 heteroatoms. The van der Waals surface area contributed by atoms with Crippen LogP contribution in [0.5, 0.6) is 17.2 Å². The third kappa shape index (κ3) is 5.32. The lowest BCUT2D eigenvalue weighted by atomic mass is 10.0. The highest BCUT2D eigenvalue weighted by atomic mass is 16.5. The number of hydrogen-bond donors (Lipinski definition) is 2. The van der Waals surface area contributed by atoms with Crippen molar-refractivity contribution in [3.05, 3.63) is 83.9 Å². The van der Waals surface area contributed by atoms with Crippen LogP contribution in [-0.4, -0.2) is 38.3 Å². The van der Waals surface area contributed by atoms with E-state index in [0.717, 1.165) is 29.4 Å². The number of nitrogens with one attached hydrogen (secondary N) is 2. The highest BCUT2D eigenvalue weighted by Gasteiger charge is 2.32. The fourth-order valence-corrected chi connectivity index (χ4v) is 3.55. The Hall–Kier alpha value is -3.67. The lowest BCUT2D eigenvalue weighted by molar-refractivity contribution is 0.0954. The maximum absolute atomic E-state index is 12.6. The summed E-state index contributed by atoms with van der Waals surface area (Å²) < 4.78 is 17.1. The van der Waals surface area contributed by atoms with Crippen LogP contribution in [0.4, 0.5) is 5.69 Å². The number of benzene rings is 3. The third-order valence-electron chi connectivity index (χ3n) is 5.38. The van der Waals surface area contributed by atoms with Crippen LogP contribution in [-0.2, 0) is 6.42 Å². The van der Waals surface area contributed by atoms with Crippen molar-refractivity contribution in [3.63, 3.8) is 0 Å². The largest absolute Gasteiger partial charge is 0.497 e. The van der Waals surface area contributed by atoms with Gasteiger partial charge in [-0.2, -0.15) is 0 Å². The number of methoxy groups -OCH3 is 1. The van der Waals surface area contributed by atoms with E-state index in [2.05, 4.69) is 22.8 Å². The first kappa shape index (κ1) is 21.6. The summed E-state index contributed by atoms with van der Waals surface area (Å²) in [6.07, 6.45) is 0.791. The van der Waals surface area contributed by atoms with Gasteiger partial charge in [-0.25, -0.2) is 0 Å². The first-order valence-electron chi connectivity index (χ1n) is 10.7. The van der Waals surface area contributed by atoms with E-state index in [4.69, 9.17) is 14.2 Å². The maximum Gasteiger partial charge on any atom is 0.251 e. The van der Waals surface area contributed by atoms with Gasteiger partial charge in [0.25, 0.3) is 5.91 Å². The third-order valence-corrected chi connectivity index (χ3v) is 5.38. The van der Waals surface area contributed by atoms with Gasteiger partial charge in [-0.3, -0.25) is 4.79 Å². The van der Waals surface area contributed by atoms with Gasteiger partial charge < -0.3 is 24.8 Å². The molecule has 0 saturated carbocycles. The SMILES string of the molecule is COc1ccc(OCC2(C)COc3ccc(C(=O)NCCc4ccccc4)cc3N2)cc1. The molecular weight excluding hydrogens is 404 g/mol. The van der Waals surface area contributed by atoms with Crippen LogP contribution >= 0.6 is 0 Å². The zero-order chi connectivity index (χ0) is 22.4. The van der Waals surface area contributed by atoms with Crippen molar-refractivity contribution in [2.24, 2.45) is 0 Å². The number of ether oxygens (including phenoxy) is 3. The van der Waals surface area contributed by atoms with Gasteiger partial charge in [-0.05, 0) is 61.4 Å². The molecule has 1 aliphatic rings. The predicted molar refractivity (Wildman–Crippen MR) is 125 cm³/mol. The van der Waals surface area contributed by atoms with Crippen molar-refractivity contribution < 1.29 is 19.0 Å². The monoisotopic (exact) mass is 432 g/mol. The minimum Gasteiger partial charge on any atom is -0.497 e. The molecule has 1 unspecified atom stereocenters. The number of carbonyl (C=O) groups is 1. The summed E-state index contributed by atoms with van der Waals surface area (Å²) in [7, 11) is 1.63. The number of anilines is 1. The maximum atomic E-state index is 12.6. The van der Waals surface area contributed by atoms with Gasteiger partial charge in [-0.15, -0.1) is 0 Å². The Kier molecular flexibility index (Phi) is 6.50. The van der Waals surface area contributed by atoms with Gasteiger partial charge in [-0.1, -0.05) is 30.3 Å². The fraction of sp³-hybridized carbons (Fsp3) is 0.269. The van der Waals surface area contributed by atoms with Gasteiger partial charge in [0.15, 0.2) is 0 Å². The van der Waals surface area contributed by atoms with E-state index < -0.39 is 5.54 Å². The Morgan fingerprint density at radius 1 is 1.06 bits per heavy atom. The minimum atomic E-state index is -0.435. The number of amides is 1. The first-order valence-corrected chi connectivity index (χ1v) is 10.7. The second-order valence-corrected chi connectivity index (χ2v) is 8.14. The van der Waals surface area contributed by atoms with E-state index in [-0.39, 0.29) is 5.91 Å². The van der Waals surface area contributed by atoms with Crippen molar-refractivity contribution >= 4 is 11.6 Å². The van der Waals surface area contributed by atoms with E-state index in [1.54, 1.807) is 13.2 Å². The van der Waals surface area contributed by atoms with E-state index in [9.17, 15) is 4.79 Å². The van der Waals surface area contributed by atoms with Crippen LogP contribution in [0.3, 0.4) is 0 Å². The fourth-order valence-electron chi connectivity index (χ4n) is 3.55. The van der Waals surface area contributed by atoms with Crippen LogP contribution in [0.1, 0.15) is 22.8 Å². The molecule has 2 N–H and O–H groups in total. The quantitative estimate of drug-likeness (QED) is 0.555. The molecule has 0 saturated heterocycles. The summed E-state index contributed by atoms with van der Waals surface area (Å²) in [5.74, 6) is 2.16. The van der Waals surface area contributed by atoms with E-state index >= 15 is 0 Å². The molecule has 1 atom stereocenters. The number of fused-ring (bicyclic) bond motifs is 1. The number of rotatable bonds is 8. The van der Waals surface area contributed by atoms with Crippen LogP contribution in [0.25, 0.3) is 0 Å². The summed E-state index contributed by atoms with van der Waals surface area (Å²) >= 11 is 0.